The van der Waals surface area contributed by atoms with E-state index in [0.717, 1.165) is 103 Å². The molecular formula is C49H47Cl3N10O5. The summed E-state index contributed by atoms with van der Waals surface area (Å²) < 4.78 is 8.36. The zero-order valence-electron chi connectivity index (χ0n) is 36.7. The largest absolute Gasteiger partial charge is 0.476 e. The number of rotatable bonds is 11. The van der Waals surface area contributed by atoms with E-state index in [0.29, 0.717) is 57.0 Å². The molecule has 3 saturated heterocycles. The number of ether oxygens (including phenoxy) is 1. The lowest BCUT2D eigenvalue weighted by Crippen LogP contribution is -2.23. The SMILES string of the molecule is CCOC(=O)c1cn(Cc2ccc(N3CC4CC4C3)c(C#N)c2Cl)cn1.N#Cc1c(N2CC3CC3C2)ccc(CO)c1Cl.N#Cc1c(N2CC3CC3C2)ccc(Cn2cnc(C(=O)O)c2)c1Cl. The Bertz CT molecular complexity index is 2850. The van der Waals surface area contributed by atoms with E-state index < -0.39 is 11.9 Å². The Hall–Kier alpha value is -6.28. The summed E-state index contributed by atoms with van der Waals surface area (Å²) >= 11 is 19.1. The van der Waals surface area contributed by atoms with Gasteiger partial charge in [0.15, 0.2) is 11.4 Å². The number of halogens is 3. The average Bonchev–Trinajstić information content (AvgIpc) is 4.09. The molecule has 3 aromatic carbocycles. The number of aromatic carboxylic acids is 1. The van der Waals surface area contributed by atoms with Crippen molar-refractivity contribution in [2.24, 2.45) is 35.5 Å². The molecule has 0 amide bonds. The van der Waals surface area contributed by atoms with Gasteiger partial charge in [0.2, 0.25) is 0 Å². The monoisotopic (exact) mass is 960 g/mol. The van der Waals surface area contributed by atoms with Gasteiger partial charge in [0.05, 0.1) is 87.8 Å². The van der Waals surface area contributed by atoms with E-state index in [-0.39, 0.29) is 18.0 Å². The molecule has 6 atom stereocenters. The van der Waals surface area contributed by atoms with Gasteiger partial charge in [0.1, 0.15) is 18.2 Å². The molecule has 344 valence electrons. The minimum Gasteiger partial charge on any atom is -0.476 e. The number of aromatic nitrogens is 4. The van der Waals surface area contributed by atoms with Crippen LogP contribution >= 0.6 is 34.8 Å². The second kappa shape index (κ2) is 19.1. The summed E-state index contributed by atoms with van der Waals surface area (Å²) in [5.41, 5.74) is 6.72. The van der Waals surface area contributed by atoms with Gasteiger partial charge in [-0.1, -0.05) is 53.0 Å². The van der Waals surface area contributed by atoms with E-state index in [9.17, 15) is 25.4 Å². The topological polar surface area (TPSA) is 201 Å². The molecule has 2 aromatic heterocycles. The van der Waals surface area contributed by atoms with E-state index in [2.05, 4.69) is 42.9 Å². The minimum absolute atomic E-state index is 0.0143. The molecule has 67 heavy (non-hydrogen) atoms. The van der Waals surface area contributed by atoms with Crippen molar-refractivity contribution < 1.29 is 24.5 Å². The first-order valence-electron chi connectivity index (χ1n) is 22.4. The van der Waals surface area contributed by atoms with E-state index in [1.165, 1.54) is 31.8 Å². The van der Waals surface area contributed by atoms with Crippen molar-refractivity contribution >= 4 is 63.8 Å². The predicted octanol–water partition coefficient (Wildman–Crippen LogP) is 7.86. The molecule has 6 aliphatic rings. The molecule has 11 rings (SSSR count). The van der Waals surface area contributed by atoms with Crippen LogP contribution in [0.15, 0.2) is 61.4 Å². The first-order chi connectivity index (χ1) is 32.4. The molecule has 0 bridgehead atoms. The van der Waals surface area contributed by atoms with Crippen molar-refractivity contribution in [3.8, 4) is 18.2 Å². The molecule has 3 saturated carbocycles. The number of nitrogens with zero attached hydrogens (tertiary/aromatic N) is 10. The number of nitriles is 3. The highest BCUT2D eigenvalue weighted by atomic mass is 35.5. The summed E-state index contributed by atoms with van der Waals surface area (Å²) in [7, 11) is 0. The summed E-state index contributed by atoms with van der Waals surface area (Å²) in [6.45, 7) is 8.84. The number of piperidine rings is 3. The van der Waals surface area contributed by atoms with Crippen LogP contribution in [0.3, 0.4) is 0 Å². The standard InChI is InChI=1S/C19H19ClN4O2.C17H15ClN4O2.C13H13ClN2O/c1-2-26-19(25)16-10-23(11-22-16)7-12-3-4-17(15(6-21)18(12)20)24-8-13-5-14(13)9-24;18-16-10(5-21-8-14(17(23)24)20-9-21)1-2-15(13(16)4-19)22-6-11-3-12(11)7-22;14-13-8(7-17)1-2-12(11(13)4-15)16-5-9-3-10(9)6-16/h3-4,10-11,13-14H,2,5,7-9H2,1H3;1-2,8-9,11-12H,3,5-7H2,(H,23,24);1-2,9-10,17H,3,5-7H2. The number of aliphatic hydroxyl groups is 1. The van der Waals surface area contributed by atoms with Crippen molar-refractivity contribution in [1.82, 2.24) is 19.1 Å². The smallest absolute Gasteiger partial charge is 0.358 e. The summed E-state index contributed by atoms with van der Waals surface area (Å²) in [6.07, 6.45) is 10.0. The molecule has 15 nitrogen and oxygen atoms in total. The minimum atomic E-state index is -1.07. The molecule has 5 aromatic rings. The third kappa shape index (κ3) is 9.63. The van der Waals surface area contributed by atoms with Crippen LogP contribution in [0, 0.1) is 69.5 Å². The van der Waals surface area contributed by atoms with Crippen molar-refractivity contribution in [3.63, 3.8) is 0 Å². The van der Waals surface area contributed by atoms with Gasteiger partial charge < -0.3 is 38.8 Å². The van der Waals surface area contributed by atoms with Gasteiger partial charge in [0, 0.05) is 51.7 Å². The quantitative estimate of drug-likeness (QED) is 0.121. The van der Waals surface area contributed by atoms with Crippen LogP contribution in [0.5, 0.6) is 0 Å². The molecule has 6 fully saturated rings. The van der Waals surface area contributed by atoms with Crippen LogP contribution in [-0.4, -0.2) is 87.1 Å². The van der Waals surface area contributed by atoms with Crippen LogP contribution in [-0.2, 0) is 24.4 Å². The van der Waals surface area contributed by atoms with Crippen LogP contribution in [0.2, 0.25) is 15.1 Å². The maximum absolute atomic E-state index is 11.7. The normalized spacial score (nSPS) is 22.1. The molecule has 2 N–H and O–H groups in total. The number of carbonyl (C=O) groups excluding carboxylic acids is 1. The summed E-state index contributed by atoms with van der Waals surface area (Å²) in [5, 5.41) is 47.7. The fourth-order valence-electron chi connectivity index (χ4n) is 9.80. The number of aliphatic hydroxyl groups excluding tert-OH is 1. The first-order valence-corrected chi connectivity index (χ1v) is 23.5. The number of imidazole rings is 2. The molecule has 3 aliphatic heterocycles. The lowest BCUT2D eigenvalue weighted by atomic mass is 10.1. The molecule has 3 aliphatic carbocycles. The lowest BCUT2D eigenvalue weighted by Gasteiger charge is -2.23. The van der Waals surface area contributed by atoms with Gasteiger partial charge in [0.25, 0.3) is 0 Å². The molecular weight excluding hydrogens is 915 g/mol. The van der Waals surface area contributed by atoms with Crippen LogP contribution in [0.1, 0.15) is 80.5 Å². The van der Waals surface area contributed by atoms with Crippen molar-refractivity contribution in [2.75, 3.05) is 60.6 Å². The van der Waals surface area contributed by atoms with Crippen molar-refractivity contribution in [3.05, 3.63) is 121 Å². The Kier molecular flexibility index (Phi) is 13.1. The lowest BCUT2D eigenvalue weighted by molar-refractivity contribution is 0.0519. The number of carboxylic acid groups (broad SMARTS) is 1. The summed E-state index contributed by atoms with van der Waals surface area (Å²) in [4.78, 5) is 37.3. The summed E-state index contributed by atoms with van der Waals surface area (Å²) in [6, 6.07) is 18.1. The number of carboxylic acids is 1. The van der Waals surface area contributed by atoms with Gasteiger partial charge in [-0.25, -0.2) is 19.6 Å². The molecule has 0 radical (unpaired) electrons. The maximum Gasteiger partial charge on any atom is 0.358 e. The Balaban J connectivity index is 0.000000129. The molecule has 5 heterocycles. The van der Waals surface area contributed by atoms with Crippen molar-refractivity contribution in [2.45, 2.75) is 45.9 Å². The molecule has 18 heteroatoms. The number of hydrogen-bond donors (Lipinski definition) is 2. The maximum atomic E-state index is 11.7. The third-order valence-electron chi connectivity index (χ3n) is 13.7. The van der Waals surface area contributed by atoms with Gasteiger partial charge in [-0.05, 0) is 96.6 Å². The highest BCUT2D eigenvalue weighted by Gasteiger charge is 2.47. The van der Waals surface area contributed by atoms with Gasteiger partial charge >= 0.3 is 11.9 Å². The predicted molar refractivity (Wildman–Crippen MR) is 251 cm³/mol. The average molecular weight is 962 g/mol. The third-order valence-corrected chi connectivity index (χ3v) is 15.0. The van der Waals surface area contributed by atoms with Gasteiger partial charge in [-0.15, -0.1) is 0 Å². The molecule has 6 unspecified atom stereocenters. The van der Waals surface area contributed by atoms with E-state index in [1.54, 1.807) is 28.6 Å². The Labute approximate surface area is 402 Å². The second-order valence-corrected chi connectivity index (χ2v) is 19.3. The zero-order valence-corrected chi connectivity index (χ0v) is 38.9. The fraction of sp³-hybridized carbons (Fsp3) is 0.408. The number of benzene rings is 3. The second-order valence-electron chi connectivity index (χ2n) is 18.2. The van der Waals surface area contributed by atoms with Gasteiger partial charge in [-0.3, -0.25) is 0 Å². The number of carbonyl (C=O) groups is 2. The fourth-order valence-corrected chi connectivity index (χ4v) is 10.6. The first kappa shape index (κ1) is 45.9. The van der Waals surface area contributed by atoms with Crippen LogP contribution < -0.4 is 14.7 Å². The molecule has 0 spiro atoms. The number of hydrogen-bond acceptors (Lipinski definition) is 12. The van der Waals surface area contributed by atoms with Gasteiger partial charge in [-0.2, -0.15) is 15.8 Å². The Morgan fingerprint density at radius 1 is 0.627 bits per heavy atom. The highest BCUT2D eigenvalue weighted by Crippen LogP contribution is 2.49. The number of fused-ring (bicyclic) bond motifs is 3. The van der Waals surface area contributed by atoms with E-state index >= 15 is 0 Å². The number of anilines is 3. The highest BCUT2D eigenvalue weighted by molar-refractivity contribution is 6.33. The van der Waals surface area contributed by atoms with Crippen molar-refractivity contribution in [1.29, 1.82) is 15.8 Å². The Morgan fingerprint density at radius 3 is 1.33 bits per heavy atom. The Morgan fingerprint density at radius 2 is 0.985 bits per heavy atom. The van der Waals surface area contributed by atoms with E-state index in [4.69, 9.17) is 49.8 Å². The van der Waals surface area contributed by atoms with Crippen LogP contribution in [0.25, 0.3) is 0 Å². The van der Waals surface area contributed by atoms with E-state index in [1.807, 2.05) is 36.4 Å². The zero-order chi connectivity index (χ0) is 47.1. The van der Waals surface area contributed by atoms with Crippen LogP contribution in [0.4, 0.5) is 17.1 Å². The summed E-state index contributed by atoms with van der Waals surface area (Å²) in [5.74, 6) is 3.24. The number of esters is 1.